The van der Waals surface area contributed by atoms with E-state index in [2.05, 4.69) is 0 Å². The molecule has 1 aromatic rings. The molecule has 2 rings (SSSR count). The fraction of sp³-hybridized carbons (Fsp3) is 0.462. The van der Waals surface area contributed by atoms with Gasteiger partial charge in [-0.05, 0) is 30.4 Å². The van der Waals surface area contributed by atoms with E-state index in [9.17, 15) is 18.0 Å². The summed E-state index contributed by atoms with van der Waals surface area (Å²) in [6.07, 6.45) is -3.39. The van der Waals surface area contributed by atoms with E-state index in [1.54, 1.807) is 11.0 Å². The normalized spacial score (nSPS) is 17.3. The van der Waals surface area contributed by atoms with Gasteiger partial charge in [-0.3, -0.25) is 4.79 Å². The van der Waals surface area contributed by atoms with Gasteiger partial charge in [-0.25, -0.2) is 0 Å². The van der Waals surface area contributed by atoms with Crippen LogP contribution in [0.1, 0.15) is 29.9 Å². The third-order valence-corrected chi connectivity index (χ3v) is 4.02. The van der Waals surface area contributed by atoms with E-state index < -0.39 is 11.7 Å². The van der Waals surface area contributed by atoms with Crippen molar-refractivity contribution in [2.24, 2.45) is 0 Å². The molecule has 0 spiro atoms. The number of halogens is 4. The Morgan fingerprint density at radius 1 is 1.30 bits per heavy atom. The number of nitrogens with zero attached hydrogens (tertiary/aromatic N) is 1. The average Bonchev–Trinajstić information content (AvgIpc) is 2.37. The molecule has 108 valence electrons. The molecular weight excluding hydrogens is 289 g/mol. The molecule has 0 aromatic heterocycles. The Hall–Kier alpha value is -1.17. The van der Waals surface area contributed by atoms with Crippen LogP contribution in [0.5, 0.6) is 0 Å². The van der Waals surface area contributed by atoms with Crippen LogP contribution < -0.4 is 0 Å². The molecule has 20 heavy (non-hydrogen) atoms. The first kappa shape index (κ1) is 15.2. The highest BCUT2D eigenvalue weighted by atomic mass is 35.5. The highest BCUT2D eigenvalue weighted by Gasteiger charge is 2.38. The summed E-state index contributed by atoms with van der Waals surface area (Å²) in [4.78, 5) is 12.9. The van der Waals surface area contributed by atoms with Crippen molar-refractivity contribution in [1.29, 1.82) is 0 Å². The summed E-state index contributed by atoms with van der Waals surface area (Å²) in [7, 11) is 1.47. The molecular formula is C13H14BClF3NO. The van der Waals surface area contributed by atoms with Crippen LogP contribution in [0.15, 0.2) is 18.2 Å². The summed E-state index contributed by atoms with van der Waals surface area (Å²) in [6, 6.07) is 4.30. The number of carbonyl (C=O) groups excluding carboxylic acids is 1. The third kappa shape index (κ3) is 3.11. The number of alkyl halides is 3. The second kappa shape index (κ2) is 5.68. The molecule has 0 unspecified atom stereocenters. The van der Waals surface area contributed by atoms with Crippen molar-refractivity contribution in [3.8, 4) is 0 Å². The second-order valence-electron chi connectivity index (χ2n) is 4.98. The van der Waals surface area contributed by atoms with Crippen molar-refractivity contribution in [2.45, 2.75) is 24.9 Å². The van der Waals surface area contributed by atoms with Crippen LogP contribution >= 0.6 is 11.6 Å². The van der Waals surface area contributed by atoms with Gasteiger partial charge in [0.2, 0.25) is 7.85 Å². The van der Waals surface area contributed by atoms with Crippen LogP contribution in [0, 0.1) is 0 Å². The zero-order valence-electron chi connectivity index (χ0n) is 11.0. The van der Waals surface area contributed by atoms with Gasteiger partial charge in [-0.1, -0.05) is 23.7 Å². The molecule has 1 heterocycles. The van der Waals surface area contributed by atoms with Gasteiger partial charge >= 0.3 is 6.18 Å². The van der Waals surface area contributed by atoms with Crippen LogP contribution in [0.4, 0.5) is 18.0 Å². The van der Waals surface area contributed by atoms with Crippen LogP contribution in [0.2, 0.25) is 5.02 Å². The predicted molar refractivity (Wildman–Crippen MR) is 73.9 cm³/mol. The predicted octanol–water partition coefficient (Wildman–Crippen LogP) is 3.29. The lowest BCUT2D eigenvalue weighted by Crippen LogP contribution is -2.37. The Labute approximate surface area is 121 Å². The Kier molecular flexibility index (Phi) is 4.32. The summed E-state index contributed by atoms with van der Waals surface area (Å²) >= 11 is 5.73. The number of carbonyl (C=O) groups is 1. The minimum absolute atomic E-state index is 0.0365. The quantitative estimate of drug-likeness (QED) is 0.729. The Balaban J connectivity index is 2.27. The highest BCUT2D eigenvalue weighted by Crippen LogP contribution is 2.42. The van der Waals surface area contributed by atoms with E-state index >= 15 is 0 Å². The molecule has 1 aliphatic rings. The van der Waals surface area contributed by atoms with E-state index in [0.29, 0.717) is 25.9 Å². The maximum absolute atomic E-state index is 13.1. The van der Waals surface area contributed by atoms with Gasteiger partial charge in [0.05, 0.1) is 10.6 Å². The minimum atomic E-state index is -4.45. The van der Waals surface area contributed by atoms with Gasteiger partial charge in [0.1, 0.15) is 0 Å². The summed E-state index contributed by atoms with van der Waals surface area (Å²) in [5.41, 5.74) is -0.490. The van der Waals surface area contributed by atoms with Crippen LogP contribution in [0.3, 0.4) is 0 Å². The number of hydrogen-bond acceptors (Lipinski definition) is 1. The van der Waals surface area contributed by atoms with Crippen LogP contribution in [-0.2, 0) is 6.18 Å². The van der Waals surface area contributed by atoms with Gasteiger partial charge in [0, 0.05) is 13.1 Å². The van der Waals surface area contributed by atoms with E-state index in [1.165, 1.54) is 20.0 Å². The first-order valence-corrected chi connectivity index (χ1v) is 6.79. The Morgan fingerprint density at radius 3 is 2.40 bits per heavy atom. The smallest absolute Gasteiger partial charge is 0.352 e. The zero-order valence-corrected chi connectivity index (χ0v) is 11.8. The van der Waals surface area contributed by atoms with Gasteiger partial charge in [-0.15, -0.1) is 0 Å². The summed E-state index contributed by atoms with van der Waals surface area (Å²) in [6.45, 7) is 0.980. The summed E-state index contributed by atoms with van der Waals surface area (Å²) in [5.74, 6) is -0.244. The number of hydrogen-bond donors (Lipinski definition) is 0. The van der Waals surface area contributed by atoms with Crippen molar-refractivity contribution >= 4 is 25.3 Å². The SMILES string of the molecule is BC(=O)N1CCC(c2cccc(Cl)c2C(F)(F)F)CC1. The van der Waals surface area contributed by atoms with E-state index in [1.807, 2.05) is 0 Å². The molecule has 1 aromatic carbocycles. The molecule has 1 aliphatic heterocycles. The fourth-order valence-corrected chi connectivity index (χ4v) is 2.97. The van der Waals surface area contributed by atoms with Crippen molar-refractivity contribution in [3.63, 3.8) is 0 Å². The highest BCUT2D eigenvalue weighted by molar-refractivity contribution is 6.56. The van der Waals surface area contributed by atoms with Gasteiger partial charge < -0.3 is 4.90 Å². The van der Waals surface area contributed by atoms with Gasteiger partial charge in [0.15, 0.2) is 5.81 Å². The molecule has 0 N–H and O–H groups in total. The number of likely N-dealkylation sites (tertiary alicyclic amines) is 1. The summed E-state index contributed by atoms with van der Waals surface area (Å²) < 4.78 is 39.4. The van der Waals surface area contributed by atoms with Crippen molar-refractivity contribution in [3.05, 3.63) is 34.3 Å². The van der Waals surface area contributed by atoms with E-state index in [-0.39, 0.29) is 22.3 Å². The van der Waals surface area contributed by atoms with Gasteiger partial charge in [0.25, 0.3) is 0 Å². The monoisotopic (exact) mass is 303 g/mol. The first-order valence-electron chi connectivity index (χ1n) is 6.42. The third-order valence-electron chi connectivity index (χ3n) is 3.71. The molecule has 0 saturated carbocycles. The van der Waals surface area contributed by atoms with Crippen LogP contribution in [0.25, 0.3) is 0 Å². The molecule has 1 saturated heterocycles. The topological polar surface area (TPSA) is 20.3 Å². The lowest BCUT2D eigenvalue weighted by molar-refractivity contribution is -0.138. The van der Waals surface area contributed by atoms with Crippen molar-refractivity contribution in [1.82, 2.24) is 4.90 Å². The lowest BCUT2D eigenvalue weighted by atomic mass is 9.85. The molecule has 0 atom stereocenters. The minimum Gasteiger partial charge on any atom is -0.352 e. The maximum atomic E-state index is 13.1. The molecule has 2 nitrogen and oxygen atoms in total. The number of rotatable bonds is 1. The summed E-state index contributed by atoms with van der Waals surface area (Å²) in [5, 5.41) is -0.260. The zero-order chi connectivity index (χ0) is 14.9. The largest absolute Gasteiger partial charge is 0.418 e. The number of benzene rings is 1. The molecule has 7 heteroatoms. The molecule has 0 aliphatic carbocycles. The fourth-order valence-electron chi connectivity index (χ4n) is 2.69. The Morgan fingerprint density at radius 2 is 1.90 bits per heavy atom. The first-order chi connectivity index (χ1) is 9.30. The van der Waals surface area contributed by atoms with Crippen LogP contribution in [-0.4, -0.2) is 31.6 Å². The van der Waals surface area contributed by atoms with E-state index in [0.717, 1.165) is 0 Å². The molecule has 1 fully saturated rings. The standard InChI is InChI=1S/C13H14BClF3NO/c14-12(20)19-6-4-8(5-7-19)9-2-1-3-10(15)11(9)13(16,17)18/h1-3,8H,4-7,14H2. The van der Waals surface area contributed by atoms with E-state index in [4.69, 9.17) is 11.6 Å². The van der Waals surface area contributed by atoms with Crippen molar-refractivity contribution in [2.75, 3.05) is 13.1 Å². The molecule has 1 amide bonds. The Bertz CT molecular complexity index is 513. The number of amides is 1. The average molecular weight is 304 g/mol. The molecule has 0 bridgehead atoms. The molecule has 0 radical (unpaired) electrons. The second-order valence-corrected chi connectivity index (χ2v) is 5.39. The lowest BCUT2D eigenvalue weighted by Gasteiger charge is -2.33. The van der Waals surface area contributed by atoms with Gasteiger partial charge in [-0.2, -0.15) is 13.2 Å². The number of piperidine rings is 1. The van der Waals surface area contributed by atoms with Crippen molar-refractivity contribution < 1.29 is 18.0 Å². The maximum Gasteiger partial charge on any atom is 0.418 e.